The van der Waals surface area contributed by atoms with Crippen LogP contribution in [0.1, 0.15) is 39.0 Å². The normalized spacial score (nSPS) is 26.0. The average Bonchev–Trinajstić information content (AvgIpc) is 2.18. The highest BCUT2D eigenvalue weighted by Crippen LogP contribution is 2.31. The molecular formula is C11H18O2. The summed E-state index contributed by atoms with van der Waals surface area (Å²) in [6.07, 6.45) is 7.67. The van der Waals surface area contributed by atoms with E-state index >= 15 is 0 Å². The minimum absolute atomic E-state index is 0.199. The molecule has 1 aliphatic rings. The van der Waals surface area contributed by atoms with Crippen LogP contribution in [0.4, 0.5) is 0 Å². The Morgan fingerprint density at radius 3 is 3.00 bits per heavy atom. The van der Waals surface area contributed by atoms with E-state index in [0.29, 0.717) is 5.92 Å². The number of carbonyl (C=O) groups excluding carboxylic acids is 1. The Morgan fingerprint density at radius 1 is 1.62 bits per heavy atom. The van der Waals surface area contributed by atoms with Gasteiger partial charge in [-0.25, -0.2) is 4.79 Å². The molecule has 1 unspecified atom stereocenters. The van der Waals surface area contributed by atoms with Gasteiger partial charge in [-0.2, -0.15) is 0 Å². The van der Waals surface area contributed by atoms with Gasteiger partial charge in [0, 0.05) is 6.08 Å². The van der Waals surface area contributed by atoms with E-state index < -0.39 is 0 Å². The van der Waals surface area contributed by atoms with Gasteiger partial charge in [0.15, 0.2) is 0 Å². The van der Waals surface area contributed by atoms with Gasteiger partial charge in [0.1, 0.15) is 0 Å². The topological polar surface area (TPSA) is 26.3 Å². The van der Waals surface area contributed by atoms with Crippen LogP contribution >= 0.6 is 0 Å². The van der Waals surface area contributed by atoms with Crippen molar-refractivity contribution in [1.29, 1.82) is 0 Å². The van der Waals surface area contributed by atoms with Crippen molar-refractivity contribution in [3.63, 3.8) is 0 Å². The summed E-state index contributed by atoms with van der Waals surface area (Å²) in [6.45, 7) is 2.18. The number of ether oxygens (including phenoxy) is 1. The summed E-state index contributed by atoms with van der Waals surface area (Å²) in [5, 5.41) is 0. The summed E-state index contributed by atoms with van der Waals surface area (Å²) in [6, 6.07) is 0. The average molecular weight is 182 g/mol. The van der Waals surface area contributed by atoms with Crippen LogP contribution in [0.3, 0.4) is 0 Å². The first-order valence-electron chi connectivity index (χ1n) is 5.06. The minimum Gasteiger partial charge on any atom is -0.466 e. The number of rotatable bonds is 2. The molecule has 0 N–H and O–H groups in total. The predicted molar refractivity (Wildman–Crippen MR) is 52.3 cm³/mol. The van der Waals surface area contributed by atoms with Gasteiger partial charge >= 0.3 is 5.97 Å². The molecule has 0 aromatic rings. The fourth-order valence-electron chi connectivity index (χ4n) is 1.98. The first kappa shape index (κ1) is 10.3. The molecule has 1 rings (SSSR count). The highest BCUT2D eigenvalue weighted by molar-refractivity contribution is 5.82. The second-order valence-electron chi connectivity index (χ2n) is 3.59. The van der Waals surface area contributed by atoms with Crippen LogP contribution in [0.15, 0.2) is 11.6 Å². The molecule has 74 valence electrons. The molecule has 0 radical (unpaired) electrons. The van der Waals surface area contributed by atoms with E-state index in [1.165, 1.54) is 31.9 Å². The Labute approximate surface area is 80.0 Å². The maximum absolute atomic E-state index is 11.0. The van der Waals surface area contributed by atoms with Gasteiger partial charge in [0.05, 0.1) is 7.11 Å². The van der Waals surface area contributed by atoms with Gasteiger partial charge < -0.3 is 4.74 Å². The lowest BCUT2D eigenvalue weighted by atomic mass is 9.82. The minimum atomic E-state index is -0.199. The Bertz CT molecular complexity index is 206. The summed E-state index contributed by atoms with van der Waals surface area (Å²) in [4.78, 5) is 11.0. The number of hydrogen-bond donors (Lipinski definition) is 0. The van der Waals surface area contributed by atoms with E-state index in [4.69, 9.17) is 0 Å². The van der Waals surface area contributed by atoms with Gasteiger partial charge in [-0.05, 0) is 31.6 Å². The fraction of sp³-hybridized carbons (Fsp3) is 0.727. The summed E-state index contributed by atoms with van der Waals surface area (Å²) in [7, 11) is 1.43. The largest absolute Gasteiger partial charge is 0.466 e. The summed E-state index contributed by atoms with van der Waals surface area (Å²) >= 11 is 0. The van der Waals surface area contributed by atoms with Crippen LogP contribution in [0.25, 0.3) is 0 Å². The third kappa shape index (κ3) is 2.87. The molecule has 0 aromatic heterocycles. The van der Waals surface area contributed by atoms with Crippen molar-refractivity contribution in [1.82, 2.24) is 0 Å². The molecule has 0 heterocycles. The van der Waals surface area contributed by atoms with Crippen LogP contribution in [-0.4, -0.2) is 13.1 Å². The van der Waals surface area contributed by atoms with Crippen molar-refractivity contribution in [3.05, 3.63) is 11.6 Å². The first-order chi connectivity index (χ1) is 6.27. The highest BCUT2D eigenvalue weighted by Gasteiger charge is 2.17. The van der Waals surface area contributed by atoms with Crippen LogP contribution in [0.5, 0.6) is 0 Å². The second kappa shape index (κ2) is 5.05. The Hall–Kier alpha value is -0.790. The number of methoxy groups -OCH3 is 1. The summed E-state index contributed by atoms with van der Waals surface area (Å²) in [5.74, 6) is 0.420. The molecule has 2 nitrogen and oxygen atoms in total. The van der Waals surface area contributed by atoms with Crippen LogP contribution in [0, 0.1) is 5.92 Å². The van der Waals surface area contributed by atoms with E-state index in [1.807, 2.05) is 0 Å². The van der Waals surface area contributed by atoms with Gasteiger partial charge in [0.2, 0.25) is 0 Å². The highest BCUT2D eigenvalue weighted by atomic mass is 16.5. The lowest BCUT2D eigenvalue weighted by Crippen LogP contribution is -2.11. The standard InChI is InChI=1S/C11H18O2/c1-3-9-6-4-5-7-10(9)8-11(12)13-2/h8-9H,3-7H2,1-2H3/b10-8-. The van der Waals surface area contributed by atoms with E-state index in [0.717, 1.165) is 12.8 Å². The number of allylic oxidation sites excluding steroid dienone is 1. The monoisotopic (exact) mass is 182 g/mol. The number of hydrogen-bond acceptors (Lipinski definition) is 2. The Kier molecular flexibility index (Phi) is 4.00. The Balaban J connectivity index is 2.63. The third-order valence-corrected chi connectivity index (χ3v) is 2.79. The molecule has 1 atom stereocenters. The van der Waals surface area contributed by atoms with Crippen molar-refractivity contribution < 1.29 is 9.53 Å². The van der Waals surface area contributed by atoms with E-state index in [2.05, 4.69) is 11.7 Å². The zero-order chi connectivity index (χ0) is 9.68. The zero-order valence-corrected chi connectivity index (χ0v) is 8.51. The van der Waals surface area contributed by atoms with Gasteiger partial charge in [-0.1, -0.05) is 18.9 Å². The van der Waals surface area contributed by atoms with Crippen molar-refractivity contribution in [3.8, 4) is 0 Å². The second-order valence-corrected chi connectivity index (χ2v) is 3.59. The maximum Gasteiger partial charge on any atom is 0.330 e. The van der Waals surface area contributed by atoms with Crippen LogP contribution in [0.2, 0.25) is 0 Å². The smallest absolute Gasteiger partial charge is 0.330 e. The molecule has 0 aliphatic heterocycles. The maximum atomic E-state index is 11.0. The van der Waals surface area contributed by atoms with Gasteiger partial charge in [-0.3, -0.25) is 0 Å². The molecule has 2 heteroatoms. The first-order valence-corrected chi connectivity index (χ1v) is 5.06. The third-order valence-electron chi connectivity index (χ3n) is 2.79. The fourth-order valence-corrected chi connectivity index (χ4v) is 1.98. The quantitative estimate of drug-likeness (QED) is 0.485. The summed E-state index contributed by atoms with van der Waals surface area (Å²) < 4.78 is 4.63. The van der Waals surface area contributed by atoms with Gasteiger partial charge in [0.25, 0.3) is 0 Å². The lowest BCUT2D eigenvalue weighted by Gasteiger charge is -2.23. The zero-order valence-electron chi connectivity index (χ0n) is 8.51. The molecule has 0 bridgehead atoms. The molecule has 1 aliphatic carbocycles. The molecular weight excluding hydrogens is 164 g/mol. The SMILES string of the molecule is CCC1CCCC/C1=C/C(=O)OC. The van der Waals surface area contributed by atoms with Crippen molar-refractivity contribution in [2.45, 2.75) is 39.0 Å². The Morgan fingerprint density at radius 2 is 2.38 bits per heavy atom. The predicted octanol–water partition coefficient (Wildman–Crippen LogP) is 2.69. The van der Waals surface area contributed by atoms with Crippen molar-refractivity contribution in [2.24, 2.45) is 5.92 Å². The van der Waals surface area contributed by atoms with Gasteiger partial charge in [-0.15, -0.1) is 0 Å². The van der Waals surface area contributed by atoms with Crippen molar-refractivity contribution in [2.75, 3.05) is 7.11 Å². The van der Waals surface area contributed by atoms with E-state index in [-0.39, 0.29) is 5.97 Å². The van der Waals surface area contributed by atoms with E-state index in [1.54, 1.807) is 6.08 Å². The molecule has 0 amide bonds. The molecule has 1 saturated carbocycles. The molecule has 0 aromatic carbocycles. The molecule has 1 fully saturated rings. The number of esters is 1. The van der Waals surface area contributed by atoms with Crippen LogP contribution < -0.4 is 0 Å². The van der Waals surface area contributed by atoms with Crippen molar-refractivity contribution >= 4 is 5.97 Å². The summed E-state index contributed by atoms with van der Waals surface area (Å²) in [5.41, 5.74) is 1.29. The lowest BCUT2D eigenvalue weighted by molar-refractivity contribution is -0.134. The van der Waals surface area contributed by atoms with Crippen LogP contribution in [-0.2, 0) is 9.53 Å². The molecule has 13 heavy (non-hydrogen) atoms. The molecule has 0 spiro atoms. The molecule has 0 saturated heterocycles. The van der Waals surface area contributed by atoms with E-state index in [9.17, 15) is 4.79 Å². The number of carbonyl (C=O) groups is 1.